The SMILES string of the molecule is Cn1cc(C(C)(CNC(=O)c2nnc(-c3cnc(F)cc3F)s2)c2cccc(C#N)n2)cn1. The predicted octanol–water partition coefficient (Wildman–Crippen LogP) is 2.61. The Hall–Kier alpha value is -4.11. The number of carbonyl (C=O) groups excluding carboxylic acids is 1. The highest BCUT2D eigenvalue weighted by atomic mass is 32.1. The number of nitrogens with one attached hydrogen (secondary N) is 1. The monoisotopic (exact) mass is 466 g/mol. The van der Waals surface area contributed by atoms with Gasteiger partial charge in [0.2, 0.25) is 11.0 Å². The summed E-state index contributed by atoms with van der Waals surface area (Å²) < 4.78 is 28.7. The van der Waals surface area contributed by atoms with Gasteiger partial charge in [0.25, 0.3) is 5.91 Å². The largest absolute Gasteiger partial charge is 0.349 e. The number of pyridine rings is 2. The van der Waals surface area contributed by atoms with E-state index >= 15 is 0 Å². The van der Waals surface area contributed by atoms with E-state index in [-0.39, 0.29) is 27.8 Å². The first-order valence-corrected chi connectivity index (χ1v) is 10.4. The fourth-order valence-corrected chi connectivity index (χ4v) is 3.94. The topological polar surface area (TPSA) is 122 Å². The zero-order chi connectivity index (χ0) is 23.6. The minimum atomic E-state index is -0.956. The van der Waals surface area contributed by atoms with Crippen molar-refractivity contribution in [3.8, 4) is 16.6 Å². The van der Waals surface area contributed by atoms with Gasteiger partial charge in [0.05, 0.1) is 22.9 Å². The van der Waals surface area contributed by atoms with Crippen LogP contribution in [0, 0.1) is 23.1 Å². The summed E-state index contributed by atoms with van der Waals surface area (Å²) in [6, 6.07) is 7.74. The molecule has 0 aliphatic rings. The van der Waals surface area contributed by atoms with Crippen LogP contribution in [0.3, 0.4) is 0 Å². The summed E-state index contributed by atoms with van der Waals surface area (Å²) in [7, 11) is 1.77. The summed E-state index contributed by atoms with van der Waals surface area (Å²) in [5.74, 6) is -2.33. The van der Waals surface area contributed by atoms with Crippen molar-refractivity contribution in [1.29, 1.82) is 5.26 Å². The van der Waals surface area contributed by atoms with E-state index in [4.69, 9.17) is 0 Å². The van der Waals surface area contributed by atoms with Crippen molar-refractivity contribution in [2.24, 2.45) is 7.05 Å². The van der Waals surface area contributed by atoms with Crippen molar-refractivity contribution >= 4 is 17.2 Å². The summed E-state index contributed by atoms with van der Waals surface area (Å²) in [6.07, 6.45) is 4.47. The molecule has 166 valence electrons. The molecular formula is C21H16F2N8OS. The first-order valence-electron chi connectivity index (χ1n) is 9.60. The molecule has 0 fully saturated rings. The molecule has 1 unspecified atom stereocenters. The van der Waals surface area contributed by atoms with Crippen molar-refractivity contribution < 1.29 is 13.6 Å². The highest BCUT2D eigenvalue weighted by molar-refractivity contribution is 7.16. The third kappa shape index (κ3) is 4.44. The second-order valence-electron chi connectivity index (χ2n) is 7.34. The Bertz CT molecular complexity index is 1380. The van der Waals surface area contributed by atoms with Gasteiger partial charge < -0.3 is 5.32 Å². The Labute approximate surface area is 190 Å². The number of amides is 1. The van der Waals surface area contributed by atoms with Gasteiger partial charge in [-0.05, 0) is 19.1 Å². The number of rotatable bonds is 6. The molecule has 4 rings (SSSR count). The standard InChI is InChI=1S/C21H16F2N8OS/c1-21(12-8-27-31(2)10-12,16-5-3-4-13(7-24)28-16)11-26-18(32)20-30-29-19(33-20)14-9-25-17(23)6-15(14)22/h3-6,8-10H,11H2,1-2H3,(H,26,32). The van der Waals surface area contributed by atoms with Gasteiger partial charge in [-0.15, -0.1) is 10.2 Å². The van der Waals surface area contributed by atoms with E-state index in [1.54, 1.807) is 42.3 Å². The molecule has 0 saturated heterocycles. The van der Waals surface area contributed by atoms with E-state index in [9.17, 15) is 18.8 Å². The van der Waals surface area contributed by atoms with Gasteiger partial charge in [0.1, 0.15) is 17.6 Å². The molecule has 4 aromatic heterocycles. The molecule has 1 N–H and O–H groups in total. The molecule has 0 aliphatic carbocycles. The first kappa shape index (κ1) is 22.1. The molecule has 0 spiro atoms. The van der Waals surface area contributed by atoms with Gasteiger partial charge in [-0.25, -0.2) is 14.4 Å². The lowest BCUT2D eigenvalue weighted by molar-refractivity contribution is 0.0946. The van der Waals surface area contributed by atoms with Crippen molar-refractivity contribution in [3.63, 3.8) is 0 Å². The Morgan fingerprint density at radius 3 is 2.82 bits per heavy atom. The molecule has 0 bridgehead atoms. The van der Waals surface area contributed by atoms with Crippen molar-refractivity contribution in [3.05, 3.63) is 76.6 Å². The maximum Gasteiger partial charge on any atom is 0.282 e. The van der Waals surface area contributed by atoms with Gasteiger partial charge in [-0.1, -0.05) is 17.4 Å². The van der Waals surface area contributed by atoms with Gasteiger partial charge in [0, 0.05) is 37.6 Å². The maximum absolute atomic E-state index is 14.0. The third-order valence-corrected chi connectivity index (χ3v) is 6.00. The van der Waals surface area contributed by atoms with Crippen LogP contribution in [0.5, 0.6) is 0 Å². The van der Waals surface area contributed by atoms with Crippen LogP contribution in [-0.2, 0) is 12.5 Å². The molecule has 0 saturated carbocycles. The minimum absolute atomic E-state index is 0.000923. The Balaban J connectivity index is 1.59. The molecule has 4 heterocycles. The van der Waals surface area contributed by atoms with Crippen LogP contribution in [0.2, 0.25) is 0 Å². The molecule has 0 aromatic carbocycles. The Morgan fingerprint density at radius 1 is 1.30 bits per heavy atom. The quantitative estimate of drug-likeness (QED) is 0.434. The number of nitriles is 1. The molecule has 0 aliphatic heterocycles. The summed E-state index contributed by atoms with van der Waals surface area (Å²) in [4.78, 5) is 20.6. The smallest absolute Gasteiger partial charge is 0.282 e. The normalized spacial score (nSPS) is 12.7. The molecule has 12 heteroatoms. The van der Waals surface area contributed by atoms with Crippen molar-refractivity contribution in [2.45, 2.75) is 12.3 Å². The molecule has 4 aromatic rings. The molecule has 1 atom stereocenters. The van der Waals surface area contributed by atoms with E-state index in [2.05, 4.69) is 30.6 Å². The van der Waals surface area contributed by atoms with Gasteiger partial charge in [-0.3, -0.25) is 9.48 Å². The zero-order valence-corrected chi connectivity index (χ0v) is 18.3. The number of hydrogen-bond donors (Lipinski definition) is 1. The minimum Gasteiger partial charge on any atom is -0.349 e. The first-order chi connectivity index (χ1) is 15.8. The molecule has 33 heavy (non-hydrogen) atoms. The highest BCUT2D eigenvalue weighted by Crippen LogP contribution is 2.31. The fraction of sp³-hybridized carbons (Fsp3) is 0.190. The van der Waals surface area contributed by atoms with E-state index in [1.165, 1.54) is 0 Å². The number of nitrogens with zero attached hydrogens (tertiary/aromatic N) is 7. The summed E-state index contributed by atoms with van der Waals surface area (Å²) in [5.41, 5.74) is 0.748. The summed E-state index contributed by atoms with van der Waals surface area (Å²) in [5, 5.41) is 24.0. The van der Waals surface area contributed by atoms with Gasteiger partial charge in [-0.2, -0.15) is 14.8 Å². The average molecular weight is 466 g/mol. The van der Waals surface area contributed by atoms with Crippen LogP contribution in [0.25, 0.3) is 10.6 Å². The number of aryl methyl sites for hydroxylation is 1. The lowest BCUT2D eigenvalue weighted by atomic mass is 9.80. The van der Waals surface area contributed by atoms with Crippen LogP contribution >= 0.6 is 11.3 Å². The van der Waals surface area contributed by atoms with E-state index in [0.717, 1.165) is 23.1 Å². The van der Waals surface area contributed by atoms with Gasteiger partial charge >= 0.3 is 0 Å². The van der Waals surface area contributed by atoms with Crippen LogP contribution in [0.15, 0.2) is 42.9 Å². The van der Waals surface area contributed by atoms with E-state index in [0.29, 0.717) is 11.8 Å². The zero-order valence-electron chi connectivity index (χ0n) is 17.5. The summed E-state index contributed by atoms with van der Waals surface area (Å²) >= 11 is 0.855. The van der Waals surface area contributed by atoms with E-state index in [1.807, 2.05) is 13.0 Å². The fourth-order valence-electron chi connectivity index (χ4n) is 3.17. The molecule has 9 nitrogen and oxygen atoms in total. The molecular weight excluding hydrogens is 450 g/mol. The van der Waals surface area contributed by atoms with Crippen molar-refractivity contribution in [2.75, 3.05) is 6.54 Å². The van der Waals surface area contributed by atoms with Crippen LogP contribution in [0.1, 0.15) is 33.7 Å². The second kappa shape index (κ2) is 8.79. The molecule has 1 amide bonds. The third-order valence-electron chi connectivity index (χ3n) is 5.04. The molecule has 0 radical (unpaired) electrons. The second-order valence-corrected chi connectivity index (χ2v) is 8.31. The maximum atomic E-state index is 14.0. The van der Waals surface area contributed by atoms with E-state index < -0.39 is 23.1 Å². The number of halogens is 2. The lowest BCUT2D eigenvalue weighted by Crippen LogP contribution is -2.40. The number of aromatic nitrogens is 6. The highest BCUT2D eigenvalue weighted by Gasteiger charge is 2.33. The Kier molecular flexibility index (Phi) is 5.89. The number of carbonyl (C=O) groups is 1. The van der Waals surface area contributed by atoms with Crippen LogP contribution in [0.4, 0.5) is 8.78 Å². The van der Waals surface area contributed by atoms with Gasteiger partial charge in [0.15, 0.2) is 5.01 Å². The summed E-state index contributed by atoms with van der Waals surface area (Å²) in [6.45, 7) is 1.99. The average Bonchev–Trinajstić information content (AvgIpc) is 3.47. The Morgan fingerprint density at radius 2 is 2.12 bits per heavy atom. The van der Waals surface area contributed by atoms with Crippen molar-refractivity contribution in [1.82, 2.24) is 35.3 Å². The van der Waals surface area contributed by atoms with Crippen LogP contribution in [-0.4, -0.2) is 42.4 Å². The predicted molar refractivity (Wildman–Crippen MR) is 114 cm³/mol. The van der Waals surface area contributed by atoms with Crippen LogP contribution < -0.4 is 5.32 Å². The number of hydrogen-bond acceptors (Lipinski definition) is 8. The lowest BCUT2D eigenvalue weighted by Gasteiger charge is -2.28.